The Morgan fingerprint density at radius 1 is 0.660 bits per heavy atom. The van der Waals surface area contributed by atoms with Crippen molar-refractivity contribution in [3.8, 4) is 0 Å². The van der Waals surface area contributed by atoms with Crippen LogP contribution in [0, 0.1) is 0 Å². The Morgan fingerprint density at radius 2 is 1.10 bits per heavy atom. The summed E-state index contributed by atoms with van der Waals surface area (Å²) in [5, 5.41) is 13.6. The van der Waals surface area contributed by atoms with Crippen LogP contribution in [-0.2, 0) is 18.4 Å². The van der Waals surface area contributed by atoms with Crippen LogP contribution in [0.15, 0.2) is 36.5 Å². The maximum absolute atomic E-state index is 12.7. The van der Waals surface area contributed by atoms with E-state index in [1.807, 2.05) is 6.08 Å². The van der Waals surface area contributed by atoms with Crippen molar-refractivity contribution in [2.24, 2.45) is 5.73 Å². The first kappa shape index (κ1) is 48.7. The van der Waals surface area contributed by atoms with Gasteiger partial charge in [0.15, 0.2) is 0 Å². The molecule has 0 aliphatic carbocycles. The second-order valence-electron chi connectivity index (χ2n) is 13.8. The van der Waals surface area contributed by atoms with Crippen LogP contribution >= 0.6 is 7.82 Å². The SMILES string of the molecule is CCCCC/C=C\C/C=C\CCCCCCCC(=O)NC(COP(=O)(O)OCCN)C(O)/C=C/CCCCCCCCCCCCCCCC. The number of allylic oxidation sites excluding steroid dienone is 5. The Balaban J connectivity index is 4.29. The number of amides is 1. The van der Waals surface area contributed by atoms with E-state index in [1.165, 1.54) is 103 Å². The molecule has 0 aromatic carbocycles. The van der Waals surface area contributed by atoms with E-state index in [9.17, 15) is 19.4 Å². The summed E-state index contributed by atoms with van der Waals surface area (Å²) in [5.74, 6) is -0.209. The van der Waals surface area contributed by atoms with E-state index in [2.05, 4.69) is 43.5 Å². The first-order chi connectivity index (χ1) is 24.4. The summed E-state index contributed by atoms with van der Waals surface area (Å²) in [4.78, 5) is 22.6. The van der Waals surface area contributed by atoms with Gasteiger partial charge in [-0.15, -0.1) is 0 Å². The molecule has 0 aliphatic rings. The third-order valence-corrected chi connectivity index (χ3v) is 9.94. The molecule has 0 aliphatic heterocycles. The molecule has 3 unspecified atom stereocenters. The zero-order valence-corrected chi connectivity index (χ0v) is 33.3. The highest BCUT2D eigenvalue weighted by Crippen LogP contribution is 2.43. The maximum atomic E-state index is 12.7. The fourth-order valence-electron chi connectivity index (χ4n) is 5.81. The average Bonchev–Trinajstić information content (AvgIpc) is 3.10. The van der Waals surface area contributed by atoms with Crippen LogP contribution in [0.1, 0.15) is 187 Å². The van der Waals surface area contributed by atoms with Crippen LogP contribution in [0.3, 0.4) is 0 Å². The third kappa shape index (κ3) is 35.1. The molecule has 0 spiro atoms. The van der Waals surface area contributed by atoms with Crippen molar-refractivity contribution in [3.05, 3.63) is 36.5 Å². The predicted octanol–water partition coefficient (Wildman–Crippen LogP) is 11.2. The second-order valence-corrected chi connectivity index (χ2v) is 15.3. The number of phosphoric ester groups is 1. The molecule has 50 heavy (non-hydrogen) atoms. The molecule has 1 amide bonds. The van der Waals surface area contributed by atoms with Gasteiger partial charge in [-0.25, -0.2) is 4.57 Å². The van der Waals surface area contributed by atoms with Crippen LogP contribution < -0.4 is 11.1 Å². The third-order valence-electron chi connectivity index (χ3n) is 8.96. The molecule has 0 aromatic heterocycles. The van der Waals surface area contributed by atoms with Gasteiger partial charge in [0.2, 0.25) is 5.91 Å². The van der Waals surface area contributed by atoms with Gasteiger partial charge in [-0.2, -0.15) is 0 Å². The van der Waals surface area contributed by atoms with Crippen molar-refractivity contribution in [2.45, 2.75) is 199 Å². The van der Waals surface area contributed by atoms with E-state index in [0.29, 0.717) is 6.42 Å². The summed E-state index contributed by atoms with van der Waals surface area (Å²) >= 11 is 0. The Labute approximate surface area is 308 Å². The lowest BCUT2D eigenvalue weighted by Gasteiger charge is -2.23. The minimum absolute atomic E-state index is 0.0756. The fourth-order valence-corrected chi connectivity index (χ4v) is 6.57. The summed E-state index contributed by atoms with van der Waals surface area (Å²) in [7, 11) is -4.34. The number of rotatable bonds is 38. The summed E-state index contributed by atoms with van der Waals surface area (Å²) in [5.41, 5.74) is 5.36. The van der Waals surface area contributed by atoms with E-state index in [-0.39, 0.29) is 25.7 Å². The molecule has 0 fully saturated rings. The molecule has 9 heteroatoms. The number of nitrogens with two attached hydrogens (primary N) is 1. The first-order valence-electron chi connectivity index (χ1n) is 20.6. The molecule has 0 radical (unpaired) electrons. The molecule has 0 aromatic rings. The van der Waals surface area contributed by atoms with Crippen molar-refractivity contribution in [1.29, 1.82) is 0 Å². The quantitative estimate of drug-likeness (QED) is 0.0283. The Morgan fingerprint density at radius 3 is 1.62 bits per heavy atom. The van der Waals surface area contributed by atoms with E-state index in [0.717, 1.165) is 64.2 Å². The summed E-state index contributed by atoms with van der Waals surface area (Å²) < 4.78 is 22.1. The van der Waals surface area contributed by atoms with Gasteiger partial charge in [-0.3, -0.25) is 13.8 Å². The molecule has 294 valence electrons. The lowest BCUT2D eigenvalue weighted by molar-refractivity contribution is -0.123. The zero-order chi connectivity index (χ0) is 36.8. The van der Waals surface area contributed by atoms with E-state index in [1.54, 1.807) is 6.08 Å². The Kier molecular flexibility index (Phi) is 36.5. The van der Waals surface area contributed by atoms with Gasteiger partial charge < -0.3 is 21.1 Å². The fraction of sp³-hybridized carbons (Fsp3) is 0.829. The van der Waals surface area contributed by atoms with Crippen LogP contribution in [0.4, 0.5) is 0 Å². The van der Waals surface area contributed by atoms with Crippen LogP contribution in [-0.4, -0.2) is 47.8 Å². The molecule has 0 heterocycles. The summed E-state index contributed by atoms with van der Waals surface area (Å²) in [6.45, 7) is 4.09. The highest BCUT2D eigenvalue weighted by molar-refractivity contribution is 7.47. The molecule has 0 bridgehead atoms. The molecule has 0 saturated heterocycles. The monoisotopic (exact) mass is 727 g/mol. The van der Waals surface area contributed by atoms with Crippen molar-refractivity contribution < 1.29 is 28.4 Å². The van der Waals surface area contributed by atoms with Crippen molar-refractivity contribution >= 4 is 13.7 Å². The summed E-state index contributed by atoms with van der Waals surface area (Å²) in [6.07, 6.45) is 43.2. The smallest absolute Gasteiger partial charge is 0.387 e. The summed E-state index contributed by atoms with van der Waals surface area (Å²) in [6, 6.07) is -0.866. The van der Waals surface area contributed by atoms with Gasteiger partial charge in [0.25, 0.3) is 0 Å². The molecule has 0 saturated carbocycles. The number of hydrogen-bond donors (Lipinski definition) is 4. The molecule has 3 atom stereocenters. The van der Waals surface area contributed by atoms with E-state index in [4.69, 9.17) is 14.8 Å². The van der Waals surface area contributed by atoms with Gasteiger partial charge in [-0.05, 0) is 51.4 Å². The van der Waals surface area contributed by atoms with Crippen molar-refractivity contribution in [1.82, 2.24) is 5.32 Å². The van der Waals surface area contributed by atoms with Gasteiger partial charge in [-0.1, -0.05) is 166 Å². The van der Waals surface area contributed by atoms with Crippen LogP contribution in [0.2, 0.25) is 0 Å². The molecule has 8 nitrogen and oxygen atoms in total. The highest BCUT2D eigenvalue weighted by Gasteiger charge is 2.26. The topological polar surface area (TPSA) is 131 Å². The Bertz CT molecular complexity index is 881. The number of nitrogens with one attached hydrogen (secondary N) is 1. The van der Waals surface area contributed by atoms with Gasteiger partial charge in [0.05, 0.1) is 25.4 Å². The van der Waals surface area contributed by atoms with Crippen molar-refractivity contribution in [3.63, 3.8) is 0 Å². The normalized spacial score (nSPS) is 14.6. The largest absolute Gasteiger partial charge is 0.472 e. The lowest BCUT2D eigenvalue weighted by Crippen LogP contribution is -2.45. The average molecular weight is 727 g/mol. The Hall–Kier alpha value is -1.28. The first-order valence-corrected chi connectivity index (χ1v) is 22.1. The predicted molar refractivity (Wildman–Crippen MR) is 212 cm³/mol. The maximum Gasteiger partial charge on any atom is 0.472 e. The van der Waals surface area contributed by atoms with Gasteiger partial charge in [0, 0.05) is 13.0 Å². The standard InChI is InChI=1S/C41H79N2O6P/c1-3-5-7-9-11-13-15-17-19-21-22-24-26-28-30-32-34-40(44)39(38-49-50(46,47)48-37-36-42)43-41(45)35-33-31-29-27-25-23-20-18-16-14-12-10-8-6-4-2/h12,14,18,20,32,34,39-40,44H,3-11,13,15-17,19,21-31,33,35-38,42H2,1-2H3,(H,43,45)(H,46,47)/b14-12-,20-18-,34-32+. The molecule has 5 N–H and O–H groups in total. The number of phosphoric acid groups is 1. The number of aliphatic hydroxyl groups excluding tert-OH is 1. The van der Waals surface area contributed by atoms with E-state index >= 15 is 0 Å². The van der Waals surface area contributed by atoms with Crippen LogP contribution in [0.5, 0.6) is 0 Å². The minimum Gasteiger partial charge on any atom is -0.387 e. The minimum atomic E-state index is -4.34. The number of aliphatic hydroxyl groups is 1. The molecular formula is C41H79N2O6P. The number of hydrogen-bond acceptors (Lipinski definition) is 6. The zero-order valence-electron chi connectivity index (χ0n) is 32.4. The number of carbonyl (C=O) groups is 1. The van der Waals surface area contributed by atoms with Crippen molar-refractivity contribution in [2.75, 3.05) is 19.8 Å². The number of unbranched alkanes of at least 4 members (excludes halogenated alkanes) is 22. The lowest BCUT2D eigenvalue weighted by atomic mass is 10.0. The van der Waals surface area contributed by atoms with Crippen LogP contribution in [0.25, 0.3) is 0 Å². The second kappa shape index (κ2) is 37.5. The molecular weight excluding hydrogens is 647 g/mol. The number of carbonyl (C=O) groups excluding carboxylic acids is 1. The van der Waals surface area contributed by atoms with Gasteiger partial charge >= 0.3 is 7.82 Å². The van der Waals surface area contributed by atoms with E-state index < -0.39 is 20.0 Å². The van der Waals surface area contributed by atoms with Gasteiger partial charge in [0.1, 0.15) is 0 Å². The molecule has 0 rings (SSSR count). The highest BCUT2D eigenvalue weighted by atomic mass is 31.2.